The summed E-state index contributed by atoms with van der Waals surface area (Å²) in [7, 11) is 0. The molecule has 1 saturated carbocycles. The van der Waals surface area contributed by atoms with Crippen LogP contribution >= 0.6 is 0 Å². The number of nitrogens with zero attached hydrogens (tertiary/aromatic N) is 2. The van der Waals surface area contributed by atoms with Crippen molar-refractivity contribution in [2.75, 3.05) is 0 Å². The van der Waals surface area contributed by atoms with Gasteiger partial charge >= 0.3 is 0 Å². The maximum Gasteiger partial charge on any atom is 0.269 e. The molecule has 0 bridgehead atoms. The van der Waals surface area contributed by atoms with Gasteiger partial charge in [-0.1, -0.05) is 50.2 Å². The molecule has 3 aliphatic rings. The summed E-state index contributed by atoms with van der Waals surface area (Å²) in [5.74, 6) is -1.22. The average Bonchev–Trinajstić information content (AvgIpc) is 2.98. The summed E-state index contributed by atoms with van der Waals surface area (Å²) >= 11 is 0. The van der Waals surface area contributed by atoms with Gasteiger partial charge in [0, 0.05) is 46.9 Å². The van der Waals surface area contributed by atoms with Gasteiger partial charge in [-0.15, -0.1) is 0 Å². The molecule has 1 fully saturated rings. The van der Waals surface area contributed by atoms with E-state index < -0.39 is 16.8 Å². The van der Waals surface area contributed by atoms with E-state index >= 15 is 0 Å². The average molecular weight is 400 g/mol. The zero-order chi connectivity index (χ0) is 21.2. The first-order valence-corrected chi connectivity index (χ1v) is 10.00. The third-order valence-corrected chi connectivity index (χ3v) is 6.28. The van der Waals surface area contributed by atoms with Gasteiger partial charge in [-0.25, -0.2) is 0 Å². The molecule has 0 spiro atoms. The van der Waals surface area contributed by atoms with Crippen LogP contribution in [0.5, 0.6) is 0 Å². The molecule has 0 aromatic heterocycles. The van der Waals surface area contributed by atoms with Gasteiger partial charge in [-0.3, -0.25) is 24.7 Å². The van der Waals surface area contributed by atoms with Crippen LogP contribution in [-0.2, 0) is 4.79 Å². The SMILES string of the molecule is CC1(C)CC(=O)C2C(=NC3=C(C(=O)c4ccccc43)[C@@H]2c2cccc([N+](=O)[O-])c2)C1. The number of carbonyl (C=O) groups excluding carboxylic acids is 2. The second-order valence-corrected chi connectivity index (χ2v) is 9.03. The summed E-state index contributed by atoms with van der Waals surface area (Å²) in [6.45, 7) is 4.09. The smallest absolute Gasteiger partial charge is 0.269 e. The number of Topliss-reactive ketones (excluding diaryl/α,β-unsaturated/α-hetero) is 2. The number of rotatable bonds is 2. The molecular formula is C24H20N2O4. The molecule has 1 aliphatic heterocycles. The van der Waals surface area contributed by atoms with Crippen molar-refractivity contribution in [3.05, 3.63) is 80.9 Å². The van der Waals surface area contributed by atoms with E-state index in [0.717, 1.165) is 11.3 Å². The van der Waals surface area contributed by atoms with Crippen LogP contribution in [0.25, 0.3) is 5.70 Å². The Labute approximate surface area is 173 Å². The van der Waals surface area contributed by atoms with Gasteiger partial charge in [0.1, 0.15) is 5.78 Å². The second-order valence-electron chi connectivity index (χ2n) is 9.03. The topological polar surface area (TPSA) is 89.6 Å². The molecular weight excluding hydrogens is 380 g/mol. The van der Waals surface area contributed by atoms with E-state index in [9.17, 15) is 19.7 Å². The van der Waals surface area contributed by atoms with Crippen LogP contribution in [0.4, 0.5) is 5.69 Å². The van der Waals surface area contributed by atoms with Crippen LogP contribution in [0.1, 0.15) is 54.1 Å². The number of fused-ring (bicyclic) bond motifs is 3. The van der Waals surface area contributed by atoms with Gasteiger partial charge in [0.2, 0.25) is 0 Å². The number of benzene rings is 2. The van der Waals surface area contributed by atoms with E-state index in [4.69, 9.17) is 4.99 Å². The van der Waals surface area contributed by atoms with E-state index in [-0.39, 0.29) is 22.7 Å². The van der Waals surface area contributed by atoms with E-state index in [2.05, 4.69) is 0 Å². The van der Waals surface area contributed by atoms with Gasteiger partial charge < -0.3 is 0 Å². The number of nitro groups is 1. The molecule has 2 aliphatic carbocycles. The Morgan fingerprint density at radius 2 is 1.73 bits per heavy atom. The third-order valence-electron chi connectivity index (χ3n) is 6.28. The van der Waals surface area contributed by atoms with Crippen molar-refractivity contribution in [3.8, 4) is 0 Å². The van der Waals surface area contributed by atoms with Crippen LogP contribution in [0.15, 0.2) is 59.1 Å². The van der Waals surface area contributed by atoms with Crippen molar-refractivity contribution in [3.63, 3.8) is 0 Å². The summed E-state index contributed by atoms with van der Waals surface area (Å²) in [5, 5.41) is 11.4. The quantitative estimate of drug-likeness (QED) is 0.538. The van der Waals surface area contributed by atoms with Crippen LogP contribution in [0, 0.1) is 21.4 Å². The number of ketones is 2. The monoisotopic (exact) mass is 400 g/mol. The highest BCUT2D eigenvalue weighted by Gasteiger charge is 2.50. The number of nitro benzene ring substituents is 1. The van der Waals surface area contributed by atoms with Crippen LogP contribution in [-0.4, -0.2) is 22.2 Å². The van der Waals surface area contributed by atoms with E-state index in [1.165, 1.54) is 12.1 Å². The molecule has 30 heavy (non-hydrogen) atoms. The summed E-state index contributed by atoms with van der Waals surface area (Å²) in [6.07, 6.45) is 1.05. The molecule has 0 saturated heterocycles. The molecule has 0 radical (unpaired) electrons. The molecule has 2 atom stereocenters. The van der Waals surface area contributed by atoms with Crippen molar-refractivity contribution >= 4 is 28.7 Å². The Bertz CT molecular complexity index is 1210. The molecule has 0 amide bonds. The Kier molecular flexibility index (Phi) is 3.90. The van der Waals surface area contributed by atoms with Crippen molar-refractivity contribution in [2.24, 2.45) is 16.3 Å². The van der Waals surface area contributed by atoms with E-state index in [1.807, 2.05) is 32.0 Å². The lowest BCUT2D eigenvalue weighted by molar-refractivity contribution is -0.384. The predicted octanol–water partition coefficient (Wildman–Crippen LogP) is 4.75. The molecule has 150 valence electrons. The summed E-state index contributed by atoms with van der Waals surface area (Å²) in [4.78, 5) is 42.4. The first-order valence-electron chi connectivity index (χ1n) is 10.00. The molecule has 1 heterocycles. The Morgan fingerprint density at radius 1 is 1.00 bits per heavy atom. The number of allylic oxidation sites excluding steroid dienone is 1. The first kappa shape index (κ1) is 18.6. The summed E-state index contributed by atoms with van der Waals surface area (Å²) in [6, 6.07) is 13.6. The van der Waals surface area contributed by atoms with E-state index in [0.29, 0.717) is 35.2 Å². The fourth-order valence-corrected chi connectivity index (χ4v) is 5.11. The van der Waals surface area contributed by atoms with Crippen molar-refractivity contribution < 1.29 is 14.5 Å². The minimum atomic E-state index is -0.559. The third kappa shape index (κ3) is 2.67. The first-order chi connectivity index (χ1) is 14.3. The maximum absolute atomic E-state index is 13.4. The molecule has 0 N–H and O–H groups in total. The van der Waals surface area contributed by atoms with Gasteiger partial charge in [-0.05, 0) is 17.4 Å². The van der Waals surface area contributed by atoms with Gasteiger partial charge in [0.25, 0.3) is 5.69 Å². The Hall–Kier alpha value is -3.41. The lowest BCUT2D eigenvalue weighted by Gasteiger charge is -2.40. The largest absolute Gasteiger partial charge is 0.299 e. The van der Waals surface area contributed by atoms with Gasteiger partial charge in [0.05, 0.1) is 16.5 Å². The Morgan fingerprint density at radius 3 is 2.47 bits per heavy atom. The standard InChI is InChI=1S/C24H20N2O4/c1-24(2)11-17-20(18(27)12-24)19(13-6-5-7-14(10-13)26(29)30)21-22(25-17)15-8-3-4-9-16(15)23(21)28/h3-10,19-20H,11-12H2,1-2H3/t19-,20?/m1/s1. The highest BCUT2D eigenvalue weighted by atomic mass is 16.6. The fraction of sp³-hybridized carbons (Fsp3) is 0.292. The zero-order valence-electron chi connectivity index (χ0n) is 16.7. The molecule has 2 aromatic carbocycles. The minimum Gasteiger partial charge on any atom is -0.299 e. The van der Waals surface area contributed by atoms with Gasteiger partial charge in [0.15, 0.2) is 5.78 Å². The molecule has 6 heteroatoms. The number of aliphatic imine (C=N–C) groups is 1. The molecule has 1 unspecified atom stereocenters. The van der Waals surface area contributed by atoms with E-state index in [1.54, 1.807) is 18.2 Å². The second kappa shape index (κ2) is 6.29. The highest BCUT2D eigenvalue weighted by molar-refractivity contribution is 6.25. The normalized spacial score (nSPS) is 24.1. The number of non-ortho nitro benzene ring substituents is 1. The fourth-order valence-electron chi connectivity index (χ4n) is 5.11. The van der Waals surface area contributed by atoms with Crippen LogP contribution < -0.4 is 0 Å². The van der Waals surface area contributed by atoms with Crippen molar-refractivity contribution in [2.45, 2.75) is 32.6 Å². The number of hydrogen-bond acceptors (Lipinski definition) is 5. The zero-order valence-corrected chi connectivity index (χ0v) is 16.7. The lowest BCUT2D eigenvalue weighted by atomic mass is 9.63. The number of hydrogen-bond donors (Lipinski definition) is 0. The highest BCUT2D eigenvalue weighted by Crippen LogP contribution is 2.52. The maximum atomic E-state index is 13.4. The predicted molar refractivity (Wildman–Crippen MR) is 112 cm³/mol. The summed E-state index contributed by atoms with van der Waals surface area (Å²) in [5.41, 5.74) is 3.58. The molecule has 5 rings (SSSR count). The molecule has 2 aromatic rings. The summed E-state index contributed by atoms with van der Waals surface area (Å²) < 4.78 is 0. The number of carbonyl (C=O) groups is 2. The minimum absolute atomic E-state index is 0.0387. The lowest BCUT2D eigenvalue weighted by Crippen LogP contribution is -2.43. The van der Waals surface area contributed by atoms with Gasteiger partial charge in [-0.2, -0.15) is 0 Å². The van der Waals surface area contributed by atoms with Crippen LogP contribution in [0.3, 0.4) is 0 Å². The van der Waals surface area contributed by atoms with Crippen molar-refractivity contribution in [1.29, 1.82) is 0 Å². The molecule has 6 nitrogen and oxygen atoms in total. The van der Waals surface area contributed by atoms with Crippen molar-refractivity contribution in [1.82, 2.24) is 0 Å². The Balaban J connectivity index is 1.76. The van der Waals surface area contributed by atoms with Crippen LogP contribution in [0.2, 0.25) is 0 Å².